The Labute approximate surface area is 168 Å². The minimum Gasteiger partial charge on any atom is -0.379 e. The van der Waals surface area contributed by atoms with Crippen LogP contribution >= 0.6 is 11.6 Å². The quantitative estimate of drug-likeness (QED) is 0.561. The highest BCUT2D eigenvalue weighted by Crippen LogP contribution is 2.28. The van der Waals surface area contributed by atoms with Crippen LogP contribution in [0.3, 0.4) is 0 Å². The number of rotatable bonds is 5. The minimum atomic E-state index is -0.539. The van der Waals surface area contributed by atoms with E-state index in [2.05, 4.69) is 11.8 Å². The molecule has 8 heteroatoms. The lowest BCUT2D eigenvalue weighted by Crippen LogP contribution is -2.43. The van der Waals surface area contributed by atoms with Gasteiger partial charge >= 0.3 is 0 Å². The molecular formula is C20H22ClN3O4. The Balaban J connectivity index is 1.85. The number of nitrogens with zero attached hydrogens (tertiary/aromatic N) is 3. The van der Waals surface area contributed by atoms with Crippen LogP contribution in [-0.2, 0) is 11.3 Å². The molecule has 28 heavy (non-hydrogen) atoms. The normalized spacial score (nSPS) is 17.3. The number of hydrogen-bond acceptors (Lipinski definition) is 5. The van der Waals surface area contributed by atoms with Crippen LogP contribution in [-0.4, -0.2) is 48.6 Å². The Morgan fingerprint density at radius 1 is 1.36 bits per heavy atom. The summed E-state index contributed by atoms with van der Waals surface area (Å²) in [7, 11) is 1.68. The Morgan fingerprint density at radius 3 is 2.79 bits per heavy atom. The molecule has 0 aromatic heterocycles. The SMILES string of the molecule is C[C@H]1COCCN1Cc1ccccc1N(C)C(=O)c1ccc([N+](=O)[O-])cc1Cl. The highest BCUT2D eigenvalue weighted by molar-refractivity contribution is 6.34. The second-order valence-corrected chi connectivity index (χ2v) is 7.22. The minimum absolute atomic E-state index is 0.0605. The van der Waals surface area contributed by atoms with Crippen molar-refractivity contribution in [3.63, 3.8) is 0 Å². The van der Waals surface area contributed by atoms with Crippen molar-refractivity contribution in [3.05, 3.63) is 68.7 Å². The Bertz CT molecular complexity index is 890. The van der Waals surface area contributed by atoms with E-state index in [-0.39, 0.29) is 22.2 Å². The summed E-state index contributed by atoms with van der Waals surface area (Å²) in [6.07, 6.45) is 0. The van der Waals surface area contributed by atoms with Crippen LogP contribution in [0, 0.1) is 10.1 Å². The number of halogens is 1. The van der Waals surface area contributed by atoms with Crippen LogP contribution in [0.25, 0.3) is 0 Å². The third kappa shape index (κ3) is 4.32. The molecule has 1 saturated heterocycles. The van der Waals surface area contributed by atoms with E-state index in [1.165, 1.54) is 23.1 Å². The first-order valence-electron chi connectivity index (χ1n) is 9.00. The van der Waals surface area contributed by atoms with Gasteiger partial charge in [-0.3, -0.25) is 19.8 Å². The first-order chi connectivity index (χ1) is 13.4. The number of para-hydroxylation sites is 1. The highest BCUT2D eigenvalue weighted by Gasteiger charge is 2.23. The summed E-state index contributed by atoms with van der Waals surface area (Å²) >= 11 is 6.14. The topological polar surface area (TPSA) is 75.9 Å². The van der Waals surface area contributed by atoms with Crippen LogP contribution in [0.5, 0.6) is 0 Å². The monoisotopic (exact) mass is 403 g/mol. The second kappa shape index (κ2) is 8.68. The van der Waals surface area contributed by atoms with Gasteiger partial charge in [0.15, 0.2) is 0 Å². The number of nitro benzene ring substituents is 1. The molecule has 1 amide bonds. The van der Waals surface area contributed by atoms with Crippen molar-refractivity contribution in [1.29, 1.82) is 0 Å². The summed E-state index contributed by atoms with van der Waals surface area (Å²) in [5.74, 6) is -0.317. The van der Waals surface area contributed by atoms with Crippen molar-refractivity contribution in [2.24, 2.45) is 0 Å². The van der Waals surface area contributed by atoms with Crippen molar-refractivity contribution in [2.45, 2.75) is 19.5 Å². The van der Waals surface area contributed by atoms with E-state index < -0.39 is 4.92 Å². The number of ether oxygens (including phenoxy) is 1. The molecule has 1 aliphatic rings. The predicted molar refractivity (Wildman–Crippen MR) is 108 cm³/mol. The lowest BCUT2D eigenvalue weighted by atomic mass is 10.1. The molecule has 1 heterocycles. The predicted octanol–water partition coefficient (Wildman–Crippen LogP) is 3.75. The number of hydrogen-bond donors (Lipinski definition) is 0. The van der Waals surface area contributed by atoms with Crippen LogP contribution in [0.4, 0.5) is 11.4 Å². The fourth-order valence-electron chi connectivity index (χ4n) is 3.27. The van der Waals surface area contributed by atoms with Gasteiger partial charge in [0.25, 0.3) is 11.6 Å². The average molecular weight is 404 g/mol. The number of carbonyl (C=O) groups is 1. The van der Waals surface area contributed by atoms with E-state index in [1.54, 1.807) is 7.05 Å². The van der Waals surface area contributed by atoms with Crippen molar-refractivity contribution in [3.8, 4) is 0 Å². The summed E-state index contributed by atoms with van der Waals surface area (Å²) in [5.41, 5.74) is 1.88. The standard InChI is InChI=1S/C20H22ClN3O4/c1-14-13-28-10-9-23(14)12-15-5-3-4-6-19(15)22(2)20(25)17-8-7-16(24(26)27)11-18(17)21/h3-8,11,14H,9-10,12-13H2,1-2H3/t14-/m0/s1. The summed E-state index contributed by atoms with van der Waals surface area (Å²) in [6.45, 7) is 5.04. The van der Waals surface area contributed by atoms with E-state index in [0.29, 0.717) is 25.8 Å². The van der Waals surface area contributed by atoms with Crippen molar-refractivity contribution in [2.75, 3.05) is 31.7 Å². The highest BCUT2D eigenvalue weighted by atomic mass is 35.5. The average Bonchev–Trinajstić information content (AvgIpc) is 2.69. The van der Waals surface area contributed by atoms with Gasteiger partial charge in [-0.15, -0.1) is 0 Å². The summed E-state index contributed by atoms with van der Waals surface area (Å²) < 4.78 is 5.49. The first-order valence-corrected chi connectivity index (χ1v) is 9.38. The van der Waals surface area contributed by atoms with E-state index in [1.807, 2.05) is 24.3 Å². The molecule has 7 nitrogen and oxygen atoms in total. The molecule has 1 aliphatic heterocycles. The molecule has 148 valence electrons. The summed E-state index contributed by atoms with van der Waals surface area (Å²) in [4.78, 5) is 27.2. The molecule has 0 aliphatic carbocycles. The number of nitro groups is 1. The lowest BCUT2D eigenvalue weighted by molar-refractivity contribution is -0.384. The molecule has 0 bridgehead atoms. The maximum absolute atomic E-state index is 13.0. The molecule has 2 aromatic rings. The van der Waals surface area contributed by atoms with Crippen LogP contribution in [0.1, 0.15) is 22.8 Å². The molecule has 1 fully saturated rings. The maximum atomic E-state index is 13.0. The van der Waals surface area contributed by atoms with Gasteiger partial charge in [0, 0.05) is 44.0 Å². The van der Waals surface area contributed by atoms with Gasteiger partial charge in [0.2, 0.25) is 0 Å². The zero-order valence-electron chi connectivity index (χ0n) is 15.8. The van der Waals surface area contributed by atoms with E-state index in [0.717, 1.165) is 17.8 Å². The maximum Gasteiger partial charge on any atom is 0.270 e. The number of benzene rings is 2. The number of anilines is 1. The zero-order chi connectivity index (χ0) is 20.3. The number of amides is 1. The Morgan fingerprint density at radius 2 is 2.11 bits per heavy atom. The molecule has 2 aromatic carbocycles. The fourth-order valence-corrected chi connectivity index (χ4v) is 3.52. The summed E-state index contributed by atoms with van der Waals surface area (Å²) in [6, 6.07) is 11.9. The molecule has 0 spiro atoms. The second-order valence-electron chi connectivity index (χ2n) is 6.81. The Hall–Kier alpha value is -2.48. The van der Waals surface area contributed by atoms with Gasteiger partial charge in [0.1, 0.15) is 0 Å². The van der Waals surface area contributed by atoms with Crippen LogP contribution < -0.4 is 4.90 Å². The van der Waals surface area contributed by atoms with Gasteiger partial charge in [-0.25, -0.2) is 0 Å². The van der Waals surface area contributed by atoms with Crippen molar-refractivity contribution < 1.29 is 14.5 Å². The smallest absolute Gasteiger partial charge is 0.270 e. The number of morpholine rings is 1. The van der Waals surface area contributed by atoms with E-state index in [9.17, 15) is 14.9 Å². The number of carbonyl (C=O) groups excluding carboxylic acids is 1. The van der Waals surface area contributed by atoms with E-state index in [4.69, 9.17) is 16.3 Å². The molecule has 1 atom stereocenters. The molecule has 0 unspecified atom stereocenters. The van der Waals surface area contributed by atoms with Gasteiger partial charge < -0.3 is 9.64 Å². The first kappa shape index (κ1) is 20.3. The Kier molecular flexibility index (Phi) is 6.28. The molecule has 0 radical (unpaired) electrons. The largest absolute Gasteiger partial charge is 0.379 e. The third-order valence-corrected chi connectivity index (χ3v) is 5.24. The molecule has 0 N–H and O–H groups in total. The van der Waals surface area contributed by atoms with Crippen LogP contribution in [0.15, 0.2) is 42.5 Å². The van der Waals surface area contributed by atoms with Crippen molar-refractivity contribution >= 4 is 28.9 Å². The van der Waals surface area contributed by atoms with Crippen LogP contribution in [0.2, 0.25) is 5.02 Å². The molecule has 0 saturated carbocycles. The number of non-ortho nitro benzene ring substituents is 1. The summed E-state index contributed by atoms with van der Waals surface area (Å²) in [5, 5.41) is 10.9. The van der Waals surface area contributed by atoms with Gasteiger partial charge in [-0.1, -0.05) is 29.8 Å². The fraction of sp³-hybridized carbons (Fsp3) is 0.350. The van der Waals surface area contributed by atoms with Gasteiger partial charge in [0.05, 0.1) is 28.7 Å². The lowest BCUT2D eigenvalue weighted by Gasteiger charge is -2.34. The van der Waals surface area contributed by atoms with E-state index >= 15 is 0 Å². The zero-order valence-corrected chi connectivity index (χ0v) is 16.6. The molecule has 3 rings (SSSR count). The third-order valence-electron chi connectivity index (χ3n) is 4.93. The van der Waals surface area contributed by atoms with Gasteiger partial charge in [-0.05, 0) is 24.6 Å². The van der Waals surface area contributed by atoms with Crippen molar-refractivity contribution in [1.82, 2.24) is 4.90 Å². The molecular weight excluding hydrogens is 382 g/mol. The van der Waals surface area contributed by atoms with Gasteiger partial charge in [-0.2, -0.15) is 0 Å².